The molecule has 1 aliphatic carbocycles. The Bertz CT molecular complexity index is 339. The smallest absolute Gasteiger partial charge is 0.123 e. The predicted molar refractivity (Wildman–Crippen MR) is 73.9 cm³/mol. The van der Waals surface area contributed by atoms with Gasteiger partial charge < -0.3 is 5.73 Å². The van der Waals surface area contributed by atoms with Gasteiger partial charge in [0.1, 0.15) is 5.82 Å². The van der Waals surface area contributed by atoms with Gasteiger partial charge in [0.15, 0.2) is 0 Å². The molecule has 1 aliphatic rings. The summed E-state index contributed by atoms with van der Waals surface area (Å²) in [4.78, 5) is 0. The number of rotatable bonds is 4. The molecule has 1 aromatic carbocycles. The quantitative estimate of drug-likeness (QED) is 0.800. The van der Waals surface area contributed by atoms with Crippen molar-refractivity contribution in [2.75, 3.05) is 0 Å². The number of hydrogen-bond donors (Lipinski definition) is 1. The lowest BCUT2D eigenvalue weighted by Crippen LogP contribution is -2.26. The first-order chi connectivity index (χ1) is 8.74. The molecule has 1 aromatic rings. The van der Waals surface area contributed by atoms with E-state index in [-0.39, 0.29) is 11.9 Å². The first-order valence-electron chi connectivity index (χ1n) is 7.24. The molecule has 1 nitrogen and oxygen atoms in total. The lowest BCUT2D eigenvalue weighted by Gasteiger charge is -2.19. The third-order valence-electron chi connectivity index (χ3n) is 4.02. The molecule has 18 heavy (non-hydrogen) atoms. The molecular weight excluding hydrogens is 225 g/mol. The van der Waals surface area contributed by atoms with E-state index in [0.717, 1.165) is 24.3 Å². The van der Waals surface area contributed by atoms with Crippen LogP contribution in [0.4, 0.5) is 4.39 Å². The van der Waals surface area contributed by atoms with Gasteiger partial charge in [0, 0.05) is 6.04 Å². The number of hydrogen-bond acceptors (Lipinski definition) is 1. The maximum absolute atomic E-state index is 12.8. The van der Waals surface area contributed by atoms with Gasteiger partial charge in [-0.2, -0.15) is 0 Å². The Kier molecular flexibility index (Phi) is 5.18. The molecule has 1 saturated carbocycles. The number of benzene rings is 1. The summed E-state index contributed by atoms with van der Waals surface area (Å²) in [5.41, 5.74) is 7.38. The second-order valence-corrected chi connectivity index (χ2v) is 5.68. The molecule has 1 atom stereocenters. The monoisotopic (exact) mass is 249 g/mol. The average Bonchev–Trinajstić information content (AvgIpc) is 2.61. The minimum absolute atomic E-state index is 0.170. The van der Waals surface area contributed by atoms with Gasteiger partial charge in [-0.05, 0) is 36.5 Å². The average molecular weight is 249 g/mol. The molecule has 0 aliphatic heterocycles. The highest BCUT2D eigenvalue weighted by Gasteiger charge is 2.16. The van der Waals surface area contributed by atoms with Crippen LogP contribution < -0.4 is 5.73 Å². The molecule has 0 spiro atoms. The summed E-state index contributed by atoms with van der Waals surface area (Å²) < 4.78 is 12.8. The lowest BCUT2D eigenvalue weighted by molar-refractivity contribution is 0.387. The van der Waals surface area contributed by atoms with Gasteiger partial charge in [0.05, 0.1) is 0 Å². The van der Waals surface area contributed by atoms with E-state index in [1.807, 2.05) is 12.1 Å². The third-order valence-corrected chi connectivity index (χ3v) is 4.02. The maximum atomic E-state index is 12.8. The van der Waals surface area contributed by atoms with Crippen molar-refractivity contribution in [3.63, 3.8) is 0 Å². The van der Waals surface area contributed by atoms with Crippen LogP contribution in [0.25, 0.3) is 0 Å². The van der Waals surface area contributed by atoms with Crippen LogP contribution in [0.2, 0.25) is 0 Å². The summed E-state index contributed by atoms with van der Waals surface area (Å²) >= 11 is 0. The van der Waals surface area contributed by atoms with Crippen LogP contribution in [-0.2, 0) is 6.42 Å². The molecule has 2 N–H and O–H groups in total. The first kappa shape index (κ1) is 13.5. The van der Waals surface area contributed by atoms with Gasteiger partial charge in [-0.15, -0.1) is 0 Å². The van der Waals surface area contributed by atoms with Gasteiger partial charge in [-0.3, -0.25) is 0 Å². The molecule has 0 aromatic heterocycles. The van der Waals surface area contributed by atoms with E-state index in [1.54, 1.807) is 0 Å². The van der Waals surface area contributed by atoms with E-state index in [9.17, 15) is 4.39 Å². The number of nitrogens with two attached hydrogens (primary N) is 1. The largest absolute Gasteiger partial charge is 0.327 e. The summed E-state index contributed by atoms with van der Waals surface area (Å²) in [6.45, 7) is 0. The van der Waals surface area contributed by atoms with Crippen molar-refractivity contribution in [2.45, 2.75) is 57.4 Å². The van der Waals surface area contributed by atoms with Crippen LogP contribution in [0.5, 0.6) is 0 Å². The summed E-state index contributed by atoms with van der Waals surface area (Å²) in [7, 11) is 0. The molecule has 1 unspecified atom stereocenters. The topological polar surface area (TPSA) is 26.0 Å². The SMILES string of the molecule is NC(Cc1ccc(F)cc1)CC1CCCCCC1. The maximum Gasteiger partial charge on any atom is 0.123 e. The molecule has 0 saturated heterocycles. The van der Waals surface area contributed by atoms with Crippen LogP contribution in [-0.4, -0.2) is 6.04 Å². The summed E-state index contributed by atoms with van der Waals surface area (Å²) in [5.74, 6) is 0.638. The van der Waals surface area contributed by atoms with Crippen LogP contribution in [0.3, 0.4) is 0 Å². The Morgan fingerprint density at radius 2 is 1.67 bits per heavy atom. The Labute approximate surface area is 110 Å². The molecule has 0 amide bonds. The molecule has 0 bridgehead atoms. The van der Waals surface area contributed by atoms with Gasteiger partial charge in [0.2, 0.25) is 0 Å². The zero-order valence-corrected chi connectivity index (χ0v) is 11.1. The van der Waals surface area contributed by atoms with E-state index < -0.39 is 0 Å². The Hall–Kier alpha value is -0.890. The van der Waals surface area contributed by atoms with Gasteiger partial charge in [-0.1, -0.05) is 50.7 Å². The van der Waals surface area contributed by atoms with Crippen molar-refractivity contribution in [3.8, 4) is 0 Å². The minimum Gasteiger partial charge on any atom is -0.327 e. The molecule has 0 radical (unpaired) electrons. The van der Waals surface area contributed by atoms with Crippen molar-refractivity contribution < 1.29 is 4.39 Å². The van der Waals surface area contributed by atoms with E-state index in [0.29, 0.717) is 0 Å². The van der Waals surface area contributed by atoms with Gasteiger partial charge in [0.25, 0.3) is 0 Å². The van der Waals surface area contributed by atoms with Crippen molar-refractivity contribution in [1.29, 1.82) is 0 Å². The van der Waals surface area contributed by atoms with Gasteiger partial charge >= 0.3 is 0 Å². The van der Waals surface area contributed by atoms with E-state index in [4.69, 9.17) is 5.73 Å². The predicted octanol–water partition coefficient (Wildman–Crippen LogP) is 4.06. The highest BCUT2D eigenvalue weighted by molar-refractivity contribution is 5.17. The fourth-order valence-corrected chi connectivity index (χ4v) is 3.03. The van der Waals surface area contributed by atoms with Gasteiger partial charge in [-0.25, -0.2) is 4.39 Å². The molecule has 100 valence electrons. The normalized spacial score (nSPS) is 19.4. The highest BCUT2D eigenvalue weighted by Crippen LogP contribution is 2.26. The fraction of sp³-hybridized carbons (Fsp3) is 0.625. The zero-order valence-electron chi connectivity index (χ0n) is 11.1. The first-order valence-corrected chi connectivity index (χ1v) is 7.24. The second kappa shape index (κ2) is 6.89. The summed E-state index contributed by atoms with van der Waals surface area (Å²) in [6, 6.07) is 6.96. The highest BCUT2D eigenvalue weighted by atomic mass is 19.1. The molecule has 2 heteroatoms. The Morgan fingerprint density at radius 1 is 1.06 bits per heavy atom. The minimum atomic E-state index is -0.170. The zero-order chi connectivity index (χ0) is 12.8. The van der Waals surface area contributed by atoms with Crippen molar-refractivity contribution in [1.82, 2.24) is 0 Å². The molecule has 1 fully saturated rings. The summed E-state index contributed by atoms with van der Waals surface area (Å²) in [5, 5.41) is 0. The summed E-state index contributed by atoms with van der Waals surface area (Å²) in [6.07, 6.45) is 10.2. The van der Waals surface area contributed by atoms with Crippen LogP contribution in [0, 0.1) is 11.7 Å². The van der Waals surface area contributed by atoms with E-state index in [2.05, 4.69) is 0 Å². The fourth-order valence-electron chi connectivity index (χ4n) is 3.03. The Balaban J connectivity index is 1.80. The standard InChI is InChI=1S/C16H24FN/c17-15-9-7-14(8-10-15)12-16(18)11-13-5-3-1-2-4-6-13/h7-10,13,16H,1-6,11-12,18H2. The third kappa shape index (κ3) is 4.41. The molecular formula is C16H24FN. The lowest BCUT2D eigenvalue weighted by atomic mass is 9.90. The second-order valence-electron chi connectivity index (χ2n) is 5.68. The van der Waals surface area contributed by atoms with Crippen LogP contribution in [0.15, 0.2) is 24.3 Å². The van der Waals surface area contributed by atoms with Crippen molar-refractivity contribution >= 4 is 0 Å². The molecule has 2 rings (SSSR count). The van der Waals surface area contributed by atoms with E-state index >= 15 is 0 Å². The molecule has 0 heterocycles. The van der Waals surface area contributed by atoms with Crippen LogP contribution in [0.1, 0.15) is 50.5 Å². The van der Waals surface area contributed by atoms with Crippen molar-refractivity contribution in [2.24, 2.45) is 11.7 Å². The Morgan fingerprint density at radius 3 is 2.28 bits per heavy atom. The van der Waals surface area contributed by atoms with Crippen LogP contribution >= 0.6 is 0 Å². The van der Waals surface area contributed by atoms with Crippen molar-refractivity contribution in [3.05, 3.63) is 35.6 Å². The van der Waals surface area contributed by atoms with E-state index in [1.165, 1.54) is 50.7 Å². The number of halogens is 1.